The van der Waals surface area contributed by atoms with E-state index in [0.717, 1.165) is 0 Å². The summed E-state index contributed by atoms with van der Waals surface area (Å²) in [5, 5.41) is 0. The topological polar surface area (TPSA) is 66.9 Å². The van der Waals surface area contributed by atoms with Crippen LogP contribution in [0.5, 0.6) is 0 Å². The molecular weight excluding hydrogens is 352 g/mol. The van der Waals surface area contributed by atoms with E-state index >= 15 is 0 Å². The van der Waals surface area contributed by atoms with E-state index < -0.39 is 10.0 Å². The van der Waals surface area contributed by atoms with E-state index in [1.165, 1.54) is 4.31 Å². The summed E-state index contributed by atoms with van der Waals surface area (Å²) in [5.74, 6) is 0.384. The van der Waals surface area contributed by atoms with E-state index in [2.05, 4.69) is 13.8 Å². The normalized spacial score (nSPS) is 16.8. The standard InChI is InChI=1S/C19H30N2O4S/c1-16(2)15-20(13-14-25-3)19(22)17-9-11-21(12-10-17)26(23,24)18-7-5-4-6-8-18/h4-8,16-17H,9-15H2,1-3H3. The Morgan fingerprint density at radius 3 is 2.38 bits per heavy atom. The Bertz CT molecular complexity index is 668. The highest BCUT2D eigenvalue weighted by Gasteiger charge is 2.33. The predicted molar refractivity (Wildman–Crippen MR) is 101 cm³/mol. The van der Waals surface area contributed by atoms with Crippen molar-refractivity contribution in [1.29, 1.82) is 0 Å². The van der Waals surface area contributed by atoms with Crippen molar-refractivity contribution in [2.45, 2.75) is 31.6 Å². The highest BCUT2D eigenvalue weighted by Crippen LogP contribution is 2.25. The van der Waals surface area contributed by atoms with E-state index in [1.807, 2.05) is 4.90 Å². The molecule has 1 aliphatic rings. The number of piperidine rings is 1. The van der Waals surface area contributed by atoms with Crippen LogP contribution in [-0.4, -0.2) is 63.4 Å². The number of nitrogens with zero attached hydrogens (tertiary/aromatic N) is 2. The molecule has 0 aliphatic carbocycles. The van der Waals surface area contributed by atoms with Crippen molar-refractivity contribution in [3.63, 3.8) is 0 Å². The summed E-state index contributed by atoms with van der Waals surface area (Å²) in [4.78, 5) is 15.0. The van der Waals surface area contributed by atoms with E-state index in [4.69, 9.17) is 4.74 Å². The lowest BCUT2D eigenvalue weighted by molar-refractivity contribution is -0.138. The van der Waals surface area contributed by atoms with E-state index in [-0.39, 0.29) is 11.8 Å². The Hall–Kier alpha value is -1.44. The summed E-state index contributed by atoms with van der Waals surface area (Å²) in [6, 6.07) is 8.47. The number of hydrogen-bond donors (Lipinski definition) is 0. The molecule has 7 heteroatoms. The molecule has 1 fully saturated rings. The Morgan fingerprint density at radius 2 is 1.85 bits per heavy atom. The van der Waals surface area contributed by atoms with Gasteiger partial charge in [0, 0.05) is 39.2 Å². The summed E-state index contributed by atoms with van der Waals surface area (Å²) < 4.78 is 32.0. The third-order valence-corrected chi connectivity index (χ3v) is 6.56. The molecule has 0 saturated carbocycles. The van der Waals surface area contributed by atoms with Gasteiger partial charge in [0.2, 0.25) is 15.9 Å². The molecule has 6 nitrogen and oxygen atoms in total. The van der Waals surface area contributed by atoms with Crippen LogP contribution in [0.15, 0.2) is 35.2 Å². The minimum atomic E-state index is -3.48. The van der Waals surface area contributed by atoms with Crippen molar-refractivity contribution in [1.82, 2.24) is 9.21 Å². The van der Waals surface area contributed by atoms with Gasteiger partial charge in [-0.3, -0.25) is 4.79 Å². The molecule has 1 aromatic carbocycles. The van der Waals surface area contributed by atoms with Gasteiger partial charge in [0.1, 0.15) is 0 Å². The van der Waals surface area contributed by atoms with Crippen LogP contribution in [0, 0.1) is 11.8 Å². The molecule has 0 N–H and O–H groups in total. The molecule has 1 heterocycles. The molecule has 26 heavy (non-hydrogen) atoms. The summed E-state index contributed by atoms with van der Waals surface area (Å²) >= 11 is 0. The van der Waals surface area contributed by atoms with Crippen LogP contribution >= 0.6 is 0 Å². The van der Waals surface area contributed by atoms with Gasteiger partial charge < -0.3 is 9.64 Å². The molecule has 1 aromatic rings. The number of rotatable bonds is 8. The largest absolute Gasteiger partial charge is 0.383 e. The van der Waals surface area contributed by atoms with Gasteiger partial charge in [0.15, 0.2) is 0 Å². The second-order valence-corrected chi connectivity index (χ2v) is 9.10. The Balaban J connectivity index is 1.99. The molecule has 0 unspecified atom stereocenters. The van der Waals surface area contributed by atoms with Gasteiger partial charge >= 0.3 is 0 Å². The molecule has 0 radical (unpaired) electrons. The van der Waals surface area contributed by atoms with Crippen molar-refractivity contribution in [2.24, 2.45) is 11.8 Å². The first-order valence-electron chi connectivity index (χ1n) is 9.19. The average Bonchev–Trinajstić information content (AvgIpc) is 2.65. The minimum Gasteiger partial charge on any atom is -0.383 e. The van der Waals surface area contributed by atoms with Crippen LogP contribution in [0.4, 0.5) is 0 Å². The molecule has 0 bridgehead atoms. The SMILES string of the molecule is COCCN(CC(C)C)C(=O)C1CCN(S(=O)(=O)c2ccccc2)CC1. The summed E-state index contributed by atoms with van der Waals surface area (Å²) in [7, 11) is -1.85. The molecule has 1 aliphatic heterocycles. The average molecular weight is 383 g/mol. The van der Waals surface area contributed by atoms with E-state index in [0.29, 0.717) is 56.4 Å². The van der Waals surface area contributed by atoms with Crippen LogP contribution in [0.3, 0.4) is 0 Å². The lowest BCUT2D eigenvalue weighted by atomic mass is 9.96. The summed E-state index contributed by atoms with van der Waals surface area (Å²) in [6.07, 6.45) is 1.12. The van der Waals surface area contributed by atoms with Gasteiger partial charge in [-0.1, -0.05) is 32.0 Å². The minimum absolute atomic E-state index is 0.118. The molecule has 0 atom stereocenters. The number of carbonyl (C=O) groups excluding carboxylic acids is 1. The predicted octanol–water partition coefficient (Wildman–Crippen LogP) is 2.22. The highest BCUT2D eigenvalue weighted by atomic mass is 32.2. The van der Waals surface area contributed by atoms with Gasteiger partial charge in [-0.05, 0) is 30.9 Å². The van der Waals surface area contributed by atoms with Crippen molar-refractivity contribution in [3.8, 4) is 0 Å². The maximum absolute atomic E-state index is 12.9. The molecule has 146 valence electrons. The van der Waals surface area contributed by atoms with Gasteiger partial charge in [-0.15, -0.1) is 0 Å². The number of methoxy groups -OCH3 is 1. The second kappa shape index (κ2) is 9.48. The fourth-order valence-electron chi connectivity index (χ4n) is 3.28. The van der Waals surface area contributed by atoms with Gasteiger partial charge in [0.25, 0.3) is 0 Å². The fraction of sp³-hybridized carbons (Fsp3) is 0.632. The van der Waals surface area contributed by atoms with Crippen molar-refractivity contribution < 1.29 is 17.9 Å². The van der Waals surface area contributed by atoms with Crippen LogP contribution in [-0.2, 0) is 19.6 Å². The van der Waals surface area contributed by atoms with Crippen molar-refractivity contribution in [3.05, 3.63) is 30.3 Å². The Kier molecular flexibility index (Phi) is 7.61. The lowest BCUT2D eigenvalue weighted by Gasteiger charge is -2.34. The smallest absolute Gasteiger partial charge is 0.243 e. The number of hydrogen-bond acceptors (Lipinski definition) is 4. The van der Waals surface area contributed by atoms with Crippen LogP contribution < -0.4 is 0 Å². The first-order valence-corrected chi connectivity index (χ1v) is 10.6. The number of sulfonamides is 1. The zero-order valence-corrected chi connectivity index (χ0v) is 16.7. The van der Waals surface area contributed by atoms with Crippen molar-refractivity contribution in [2.75, 3.05) is 39.9 Å². The third-order valence-electron chi connectivity index (χ3n) is 4.65. The van der Waals surface area contributed by atoms with Gasteiger partial charge in [-0.2, -0.15) is 4.31 Å². The monoisotopic (exact) mass is 382 g/mol. The molecule has 1 saturated heterocycles. The van der Waals surface area contributed by atoms with Crippen LogP contribution in [0.1, 0.15) is 26.7 Å². The second-order valence-electron chi connectivity index (χ2n) is 7.16. The zero-order valence-electron chi connectivity index (χ0n) is 15.9. The lowest BCUT2D eigenvalue weighted by Crippen LogP contribution is -2.46. The third kappa shape index (κ3) is 5.28. The summed E-state index contributed by atoms with van der Waals surface area (Å²) in [6.45, 7) is 6.73. The molecule has 0 aromatic heterocycles. The van der Waals surface area contributed by atoms with Gasteiger partial charge in [0.05, 0.1) is 11.5 Å². The first kappa shape index (κ1) is 20.9. The Morgan fingerprint density at radius 1 is 1.23 bits per heavy atom. The quantitative estimate of drug-likeness (QED) is 0.691. The Labute approximate surface area is 157 Å². The van der Waals surface area contributed by atoms with Crippen molar-refractivity contribution >= 4 is 15.9 Å². The molecular formula is C19H30N2O4S. The maximum atomic E-state index is 12.9. The highest BCUT2D eigenvalue weighted by molar-refractivity contribution is 7.89. The zero-order chi connectivity index (χ0) is 19.2. The fourth-order valence-corrected chi connectivity index (χ4v) is 4.77. The van der Waals surface area contributed by atoms with Crippen LogP contribution in [0.2, 0.25) is 0 Å². The number of benzene rings is 1. The van der Waals surface area contributed by atoms with Crippen LogP contribution in [0.25, 0.3) is 0 Å². The van der Waals surface area contributed by atoms with Gasteiger partial charge in [-0.25, -0.2) is 8.42 Å². The number of ether oxygens (including phenoxy) is 1. The van der Waals surface area contributed by atoms with E-state index in [9.17, 15) is 13.2 Å². The van der Waals surface area contributed by atoms with E-state index in [1.54, 1.807) is 37.4 Å². The maximum Gasteiger partial charge on any atom is 0.243 e. The number of carbonyl (C=O) groups is 1. The first-order chi connectivity index (χ1) is 12.4. The summed E-state index contributed by atoms with van der Waals surface area (Å²) in [5.41, 5.74) is 0. The number of amides is 1. The molecule has 1 amide bonds. The molecule has 0 spiro atoms. The molecule has 2 rings (SSSR count).